The van der Waals surface area contributed by atoms with Crippen molar-refractivity contribution in [2.45, 2.75) is 53.0 Å². The van der Waals surface area contributed by atoms with E-state index in [9.17, 15) is 9.59 Å². The van der Waals surface area contributed by atoms with Gasteiger partial charge in [-0.1, -0.05) is 0 Å². The Labute approximate surface area is 167 Å². The second kappa shape index (κ2) is 9.89. The van der Waals surface area contributed by atoms with Crippen LogP contribution < -0.4 is 16.4 Å². The van der Waals surface area contributed by atoms with Crippen molar-refractivity contribution in [2.75, 3.05) is 43.8 Å². The highest BCUT2D eigenvalue weighted by Gasteiger charge is 2.20. The van der Waals surface area contributed by atoms with Gasteiger partial charge in [-0.05, 0) is 75.9 Å². The monoisotopic (exact) mass is 390 g/mol. The first-order valence-corrected chi connectivity index (χ1v) is 9.99. The van der Waals surface area contributed by atoms with Crippen LogP contribution in [0.4, 0.5) is 11.4 Å². The summed E-state index contributed by atoms with van der Waals surface area (Å²) in [5.74, 6) is -0.630. The molecule has 0 amide bonds. The number of nitrogens with two attached hydrogens (primary N) is 1. The fraction of sp³-hybridized carbons (Fsp3) is 0.619. The molecule has 0 bridgehead atoms. The van der Waals surface area contributed by atoms with Crippen LogP contribution in [0.3, 0.4) is 0 Å². The predicted molar refractivity (Wildman–Crippen MR) is 113 cm³/mol. The molecule has 1 fully saturated rings. The average molecular weight is 391 g/mol. The molecule has 0 radical (unpaired) electrons. The van der Waals surface area contributed by atoms with E-state index in [1.807, 2.05) is 27.7 Å². The maximum atomic E-state index is 12.3. The minimum atomic E-state index is -0.754. The first-order valence-electron chi connectivity index (χ1n) is 9.99. The SMILES string of the molecule is Cc1c(C)c(NCC(=O)CNC2CCN(CCC(=O)O)CC2)c(C)c(C)c1N. The number of aliphatic carboxylic acids is 1. The summed E-state index contributed by atoms with van der Waals surface area (Å²) in [5.41, 5.74) is 12.3. The minimum absolute atomic E-state index is 0.124. The summed E-state index contributed by atoms with van der Waals surface area (Å²) in [5, 5.41) is 15.4. The molecule has 0 spiro atoms. The molecule has 0 saturated carbocycles. The molecule has 1 aliphatic heterocycles. The molecule has 28 heavy (non-hydrogen) atoms. The van der Waals surface area contributed by atoms with Gasteiger partial charge >= 0.3 is 5.97 Å². The molecule has 2 rings (SSSR count). The summed E-state index contributed by atoms with van der Waals surface area (Å²) >= 11 is 0. The number of piperidine rings is 1. The van der Waals surface area contributed by atoms with Crippen LogP contribution in [0.1, 0.15) is 41.5 Å². The molecule has 5 N–H and O–H groups in total. The van der Waals surface area contributed by atoms with Crippen LogP contribution in [0.2, 0.25) is 0 Å². The topological polar surface area (TPSA) is 108 Å². The van der Waals surface area contributed by atoms with Gasteiger partial charge in [-0.25, -0.2) is 0 Å². The van der Waals surface area contributed by atoms with Crippen LogP contribution in [0.25, 0.3) is 0 Å². The minimum Gasteiger partial charge on any atom is -0.481 e. The molecule has 0 unspecified atom stereocenters. The lowest BCUT2D eigenvalue weighted by molar-refractivity contribution is -0.137. The first kappa shape index (κ1) is 22.2. The van der Waals surface area contributed by atoms with Crippen LogP contribution in [0, 0.1) is 27.7 Å². The summed E-state index contributed by atoms with van der Waals surface area (Å²) in [6.45, 7) is 11.1. The van der Waals surface area contributed by atoms with Crippen LogP contribution in [0.5, 0.6) is 0 Å². The molecule has 1 heterocycles. The van der Waals surface area contributed by atoms with E-state index in [-0.39, 0.29) is 18.7 Å². The zero-order valence-corrected chi connectivity index (χ0v) is 17.5. The number of likely N-dealkylation sites (tertiary alicyclic amines) is 1. The predicted octanol–water partition coefficient (Wildman–Crippen LogP) is 2.01. The number of hydrogen-bond donors (Lipinski definition) is 4. The smallest absolute Gasteiger partial charge is 0.304 e. The van der Waals surface area contributed by atoms with Gasteiger partial charge in [0.25, 0.3) is 0 Å². The second-order valence-electron chi connectivity index (χ2n) is 7.82. The molecular weight excluding hydrogens is 356 g/mol. The van der Waals surface area contributed by atoms with Crippen LogP contribution in [-0.2, 0) is 9.59 Å². The molecule has 7 nitrogen and oxygen atoms in total. The third-order valence-corrected chi connectivity index (χ3v) is 5.96. The third kappa shape index (κ3) is 5.69. The van der Waals surface area contributed by atoms with E-state index in [0.717, 1.165) is 59.6 Å². The Hall–Kier alpha value is -2.12. The molecule has 7 heteroatoms. The maximum absolute atomic E-state index is 12.3. The Kier molecular flexibility index (Phi) is 7.83. The molecule has 1 saturated heterocycles. The molecule has 0 atom stereocenters. The van der Waals surface area contributed by atoms with Crippen molar-refractivity contribution in [1.82, 2.24) is 10.2 Å². The average Bonchev–Trinajstić information content (AvgIpc) is 2.68. The van der Waals surface area contributed by atoms with E-state index >= 15 is 0 Å². The molecule has 1 aliphatic rings. The van der Waals surface area contributed by atoms with Crippen molar-refractivity contribution in [3.63, 3.8) is 0 Å². The first-order chi connectivity index (χ1) is 13.2. The highest BCUT2D eigenvalue weighted by molar-refractivity contribution is 5.86. The van der Waals surface area contributed by atoms with Crippen molar-refractivity contribution in [3.05, 3.63) is 22.3 Å². The Bertz CT molecular complexity index is 696. The van der Waals surface area contributed by atoms with Crippen LogP contribution >= 0.6 is 0 Å². The third-order valence-electron chi connectivity index (χ3n) is 5.96. The highest BCUT2D eigenvalue weighted by Crippen LogP contribution is 2.32. The maximum Gasteiger partial charge on any atom is 0.304 e. The zero-order valence-electron chi connectivity index (χ0n) is 17.5. The normalized spacial score (nSPS) is 15.6. The Balaban J connectivity index is 1.77. The number of nitrogen functional groups attached to an aromatic ring is 1. The summed E-state index contributed by atoms with van der Waals surface area (Å²) in [6.07, 6.45) is 2.06. The van der Waals surface area contributed by atoms with Gasteiger partial charge in [0.15, 0.2) is 5.78 Å². The second-order valence-corrected chi connectivity index (χ2v) is 7.82. The summed E-state index contributed by atoms with van der Waals surface area (Å²) < 4.78 is 0. The van der Waals surface area contributed by atoms with Crippen LogP contribution in [-0.4, -0.2) is 60.5 Å². The molecule has 1 aromatic carbocycles. The van der Waals surface area contributed by atoms with Crippen molar-refractivity contribution in [2.24, 2.45) is 0 Å². The molecule has 0 aromatic heterocycles. The Morgan fingerprint density at radius 2 is 1.61 bits per heavy atom. The number of rotatable bonds is 9. The lowest BCUT2D eigenvalue weighted by atomic mass is 9.96. The Morgan fingerprint density at radius 3 is 2.14 bits per heavy atom. The molecular formula is C21H34N4O3. The molecule has 1 aromatic rings. The van der Waals surface area contributed by atoms with E-state index in [1.54, 1.807) is 0 Å². The molecule has 156 valence electrons. The van der Waals surface area contributed by atoms with E-state index in [2.05, 4.69) is 15.5 Å². The lowest BCUT2D eigenvalue weighted by Crippen LogP contribution is -2.45. The number of anilines is 2. The van der Waals surface area contributed by atoms with Crippen molar-refractivity contribution in [3.8, 4) is 0 Å². The van der Waals surface area contributed by atoms with Gasteiger partial charge in [0.05, 0.1) is 19.5 Å². The number of Topliss-reactive ketones (excluding diaryl/α,β-unsaturated/α-hetero) is 1. The van der Waals surface area contributed by atoms with Crippen molar-refractivity contribution in [1.29, 1.82) is 0 Å². The lowest BCUT2D eigenvalue weighted by Gasteiger charge is -2.32. The number of nitrogens with one attached hydrogen (secondary N) is 2. The largest absolute Gasteiger partial charge is 0.481 e. The fourth-order valence-electron chi connectivity index (χ4n) is 3.73. The molecule has 0 aliphatic carbocycles. The number of nitrogens with zero attached hydrogens (tertiary/aromatic N) is 1. The van der Waals surface area contributed by atoms with Gasteiger partial charge in [-0.3, -0.25) is 9.59 Å². The van der Waals surface area contributed by atoms with Crippen LogP contribution in [0.15, 0.2) is 0 Å². The number of ketones is 1. The quantitative estimate of drug-likeness (QED) is 0.478. The number of carboxylic acids is 1. The number of carboxylic acid groups (broad SMARTS) is 1. The van der Waals surface area contributed by atoms with Crippen molar-refractivity contribution >= 4 is 23.1 Å². The summed E-state index contributed by atoms with van der Waals surface area (Å²) in [7, 11) is 0. The van der Waals surface area contributed by atoms with E-state index in [1.165, 1.54) is 0 Å². The van der Waals surface area contributed by atoms with Gasteiger partial charge in [-0.2, -0.15) is 0 Å². The van der Waals surface area contributed by atoms with E-state index in [4.69, 9.17) is 10.8 Å². The van der Waals surface area contributed by atoms with Gasteiger partial charge in [0.2, 0.25) is 0 Å². The van der Waals surface area contributed by atoms with E-state index < -0.39 is 5.97 Å². The standard InChI is InChI=1S/C21H34N4O3/c1-13-15(3)21(16(4)14(2)20(13)22)24-12-18(26)11-23-17-5-8-25(9-6-17)10-7-19(27)28/h17,23-24H,5-12,22H2,1-4H3,(H,27,28). The highest BCUT2D eigenvalue weighted by atomic mass is 16.4. The number of benzene rings is 1. The number of carbonyl (C=O) groups excluding carboxylic acids is 1. The zero-order chi connectivity index (χ0) is 20.8. The van der Waals surface area contributed by atoms with Gasteiger partial charge in [-0.15, -0.1) is 0 Å². The number of hydrogen-bond acceptors (Lipinski definition) is 6. The van der Waals surface area contributed by atoms with Gasteiger partial charge in [0.1, 0.15) is 0 Å². The van der Waals surface area contributed by atoms with Gasteiger partial charge in [0, 0.05) is 24.0 Å². The van der Waals surface area contributed by atoms with Crippen molar-refractivity contribution < 1.29 is 14.7 Å². The van der Waals surface area contributed by atoms with Gasteiger partial charge < -0.3 is 26.4 Å². The number of carbonyl (C=O) groups is 2. The summed E-state index contributed by atoms with van der Waals surface area (Å²) in [4.78, 5) is 25.2. The van der Waals surface area contributed by atoms with E-state index in [0.29, 0.717) is 19.1 Å². The fourth-order valence-corrected chi connectivity index (χ4v) is 3.73. The summed E-state index contributed by atoms with van der Waals surface area (Å²) in [6, 6.07) is 0.314. The Morgan fingerprint density at radius 1 is 1.04 bits per heavy atom.